The van der Waals surface area contributed by atoms with Crippen LogP contribution < -0.4 is 10.1 Å². The first-order valence-electron chi connectivity index (χ1n) is 5.98. The lowest BCUT2D eigenvalue weighted by atomic mass is 9.86. The summed E-state index contributed by atoms with van der Waals surface area (Å²) in [5, 5.41) is 11.9. The Morgan fingerprint density at radius 1 is 1.29 bits per heavy atom. The third-order valence-corrected chi connectivity index (χ3v) is 2.75. The van der Waals surface area contributed by atoms with Crippen molar-refractivity contribution in [1.29, 1.82) is 0 Å². The van der Waals surface area contributed by atoms with E-state index in [0.29, 0.717) is 13.1 Å². The zero-order chi connectivity index (χ0) is 12.9. The summed E-state index contributed by atoms with van der Waals surface area (Å²) in [6, 6.07) is 6.29. The fraction of sp³-hybridized carbons (Fsp3) is 0.571. The molecule has 0 heterocycles. The van der Waals surface area contributed by atoms with Gasteiger partial charge in [0.05, 0.1) is 13.7 Å². The molecule has 0 aliphatic rings. The van der Waals surface area contributed by atoms with E-state index in [9.17, 15) is 0 Å². The first-order valence-corrected chi connectivity index (χ1v) is 5.98. The zero-order valence-corrected chi connectivity index (χ0v) is 11.2. The standard InChI is InChI=1S/C14H23NO2/c1-14(2,3)12-5-6-13(17-4)11(9-12)10-15-7-8-16/h5-6,9,15-16H,7-8,10H2,1-4H3. The predicted octanol–water partition coefficient (Wildman–Crippen LogP) is 2.07. The maximum Gasteiger partial charge on any atom is 0.123 e. The van der Waals surface area contributed by atoms with E-state index >= 15 is 0 Å². The first kappa shape index (κ1) is 14.0. The molecule has 0 saturated heterocycles. The van der Waals surface area contributed by atoms with Crippen molar-refractivity contribution in [3.05, 3.63) is 29.3 Å². The topological polar surface area (TPSA) is 41.5 Å². The van der Waals surface area contributed by atoms with Crippen LogP contribution in [0.1, 0.15) is 31.9 Å². The SMILES string of the molecule is COc1ccc(C(C)(C)C)cc1CNCCO. The number of nitrogens with one attached hydrogen (secondary N) is 1. The highest BCUT2D eigenvalue weighted by Crippen LogP contribution is 2.27. The molecule has 3 nitrogen and oxygen atoms in total. The summed E-state index contributed by atoms with van der Waals surface area (Å²) in [6.45, 7) is 8.05. The lowest BCUT2D eigenvalue weighted by molar-refractivity contribution is 0.291. The first-order chi connectivity index (χ1) is 7.99. The number of benzene rings is 1. The van der Waals surface area contributed by atoms with Gasteiger partial charge in [-0.05, 0) is 17.0 Å². The third-order valence-electron chi connectivity index (χ3n) is 2.75. The molecule has 0 aliphatic heterocycles. The van der Waals surface area contributed by atoms with Crippen molar-refractivity contribution >= 4 is 0 Å². The molecule has 0 aromatic heterocycles. The van der Waals surface area contributed by atoms with Gasteiger partial charge in [0.2, 0.25) is 0 Å². The molecule has 1 aromatic rings. The van der Waals surface area contributed by atoms with E-state index in [4.69, 9.17) is 9.84 Å². The maximum absolute atomic E-state index is 8.76. The minimum Gasteiger partial charge on any atom is -0.496 e. The molecule has 96 valence electrons. The van der Waals surface area contributed by atoms with Crippen LogP contribution in [0.5, 0.6) is 5.75 Å². The molecule has 1 aromatic carbocycles. The molecular formula is C14H23NO2. The summed E-state index contributed by atoms with van der Waals surface area (Å²) >= 11 is 0. The molecule has 0 spiro atoms. The average Bonchev–Trinajstić information content (AvgIpc) is 2.28. The van der Waals surface area contributed by atoms with Gasteiger partial charge < -0.3 is 15.2 Å². The number of hydrogen-bond donors (Lipinski definition) is 2. The van der Waals surface area contributed by atoms with Crippen LogP contribution in [0.3, 0.4) is 0 Å². The van der Waals surface area contributed by atoms with Crippen LogP contribution in [0.15, 0.2) is 18.2 Å². The van der Waals surface area contributed by atoms with Gasteiger partial charge in [-0.2, -0.15) is 0 Å². The quantitative estimate of drug-likeness (QED) is 0.770. The molecule has 0 radical (unpaired) electrons. The van der Waals surface area contributed by atoms with Crippen LogP contribution in [0.25, 0.3) is 0 Å². The van der Waals surface area contributed by atoms with Crippen LogP contribution in [0, 0.1) is 0 Å². The molecule has 0 saturated carbocycles. The summed E-state index contributed by atoms with van der Waals surface area (Å²) in [4.78, 5) is 0. The van der Waals surface area contributed by atoms with Gasteiger partial charge in [-0.1, -0.05) is 32.9 Å². The van der Waals surface area contributed by atoms with Gasteiger partial charge >= 0.3 is 0 Å². The van der Waals surface area contributed by atoms with Crippen molar-refractivity contribution in [3.63, 3.8) is 0 Å². The van der Waals surface area contributed by atoms with Crippen LogP contribution in [-0.4, -0.2) is 25.4 Å². The van der Waals surface area contributed by atoms with Crippen molar-refractivity contribution in [2.75, 3.05) is 20.3 Å². The maximum atomic E-state index is 8.76. The van der Waals surface area contributed by atoms with Gasteiger partial charge in [-0.3, -0.25) is 0 Å². The second-order valence-electron chi connectivity index (χ2n) is 5.18. The Bertz CT molecular complexity index is 356. The van der Waals surface area contributed by atoms with Crippen molar-refractivity contribution in [2.45, 2.75) is 32.7 Å². The number of aliphatic hydroxyl groups excluding tert-OH is 1. The molecule has 17 heavy (non-hydrogen) atoms. The number of ether oxygens (including phenoxy) is 1. The predicted molar refractivity (Wildman–Crippen MR) is 70.5 cm³/mol. The van der Waals surface area contributed by atoms with E-state index in [1.165, 1.54) is 5.56 Å². The van der Waals surface area contributed by atoms with Gasteiger partial charge in [0.15, 0.2) is 0 Å². The van der Waals surface area contributed by atoms with Crippen LogP contribution in [-0.2, 0) is 12.0 Å². The van der Waals surface area contributed by atoms with Gasteiger partial charge in [-0.25, -0.2) is 0 Å². The monoisotopic (exact) mass is 237 g/mol. The van der Waals surface area contributed by atoms with Gasteiger partial charge in [-0.15, -0.1) is 0 Å². The smallest absolute Gasteiger partial charge is 0.123 e. The summed E-state index contributed by atoms with van der Waals surface area (Å²) in [5.41, 5.74) is 2.56. The fourth-order valence-electron chi connectivity index (χ4n) is 1.69. The second kappa shape index (κ2) is 6.03. The molecular weight excluding hydrogens is 214 g/mol. The summed E-state index contributed by atoms with van der Waals surface area (Å²) in [7, 11) is 1.68. The number of methoxy groups -OCH3 is 1. The Morgan fingerprint density at radius 3 is 2.53 bits per heavy atom. The van der Waals surface area contributed by atoms with Crippen LogP contribution in [0.2, 0.25) is 0 Å². The number of rotatable bonds is 5. The summed E-state index contributed by atoms with van der Waals surface area (Å²) < 4.78 is 5.34. The van der Waals surface area contributed by atoms with Crippen molar-refractivity contribution in [2.24, 2.45) is 0 Å². The second-order valence-corrected chi connectivity index (χ2v) is 5.18. The summed E-state index contributed by atoms with van der Waals surface area (Å²) in [5.74, 6) is 0.892. The molecule has 0 unspecified atom stereocenters. The Balaban J connectivity index is 2.90. The summed E-state index contributed by atoms with van der Waals surface area (Å²) in [6.07, 6.45) is 0. The number of hydrogen-bond acceptors (Lipinski definition) is 3. The lowest BCUT2D eigenvalue weighted by Gasteiger charge is -2.21. The van der Waals surface area contributed by atoms with E-state index in [-0.39, 0.29) is 12.0 Å². The highest BCUT2D eigenvalue weighted by atomic mass is 16.5. The van der Waals surface area contributed by atoms with Gasteiger partial charge in [0.1, 0.15) is 5.75 Å². The van der Waals surface area contributed by atoms with Crippen molar-refractivity contribution in [1.82, 2.24) is 5.32 Å². The van der Waals surface area contributed by atoms with E-state index in [1.54, 1.807) is 7.11 Å². The van der Waals surface area contributed by atoms with Crippen molar-refractivity contribution in [3.8, 4) is 5.75 Å². The number of aliphatic hydroxyl groups is 1. The molecule has 1 rings (SSSR count). The van der Waals surface area contributed by atoms with E-state index in [0.717, 1.165) is 11.3 Å². The highest BCUT2D eigenvalue weighted by Gasteiger charge is 2.15. The Morgan fingerprint density at radius 2 is 2.00 bits per heavy atom. The zero-order valence-electron chi connectivity index (χ0n) is 11.2. The van der Waals surface area contributed by atoms with Gasteiger partial charge in [0.25, 0.3) is 0 Å². The normalized spacial score (nSPS) is 11.6. The average molecular weight is 237 g/mol. The highest BCUT2D eigenvalue weighted by molar-refractivity contribution is 5.39. The fourth-order valence-corrected chi connectivity index (χ4v) is 1.69. The molecule has 3 heteroatoms. The molecule has 2 N–H and O–H groups in total. The van der Waals surface area contributed by atoms with E-state index in [1.807, 2.05) is 6.07 Å². The van der Waals surface area contributed by atoms with Crippen LogP contribution in [0.4, 0.5) is 0 Å². The Labute approximate surface area is 104 Å². The minimum absolute atomic E-state index is 0.137. The van der Waals surface area contributed by atoms with Crippen molar-refractivity contribution < 1.29 is 9.84 Å². The molecule has 0 aliphatic carbocycles. The largest absolute Gasteiger partial charge is 0.496 e. The minimum atomic E-state index is 0.137. The van der Waals surface area contributed by atoms with E-state index < -0.39 is 0 Å². The third kappa shape index (κ3) is 4.02. The molecule has 0 fully saturated rings. The van der Waals surface area contributed by atoms with Crippen LogP contribution >= 0.6 is 0 Å². The van der Waals surface area contributed by atoms with Gasteiger partial charge in [0, 0.05) is 18.7 Å². The molecule has 0 bridgehead atoms. The Hall–Kier alpha value is -1.06. The molecule has 0 amide bonds. The Kier molecular flexibility index (Phi) is 4.97. The van der Waals surface area contributed by atoms with E-state index in [2.05, 4.69) is 38.2 Å². The molecule has 0 atom stereocenters. The lowest BCUT2D eigenvalue weighted by Crippen LogP contribution is -2.19.